The van der Waals surface area contributed by atoms with Gasteiger partial charge in [0.1, 0.15) is 4.32 Å². The Morgan fingerprint density at radius 1 is 1.16 bits per heavy atom. The Morgan fingerprint density at radius 3 is 2.55 bits per heavy atom. The smallest absolute Gasteiger partial charge is 0.283 e. The Hall–Kier alpha value is -1.87. The predicted molar refractivity (Wildman–Crippen MR) is 131 cm³/mol. The molecule has 2 fully saturated rings. The molecular weight excluding hydrogens is 472 g/mol. The third kappa shape index (κ3) is 5.14. The summed E-state index contributed by atoms with van der Waals surface area (Å²) in [5, 5.41) is 12.3. The van der Waals surface area contributed by atoms with Crippen LogP contribution in [0, 0.1) is 10.1 Å². The first-order valence-electron chi connectivity index (χ1n) is 9.91. The zero-order chi connectivity index (χ0) is 22.0. The number of benzene rings is 2. The molecule has 1 amide bonds. The van der Waals surface area contributed by atoms with E-state index in [1.807, 2.05) is 12.1 Å². The zero-order valence-corrected chi connectivity index (χ0v) is 19.7. The van der Waals surface area contributed by atoms with Gasteiger partial charge in [-0.3, -0.25) is 19.8 Å². The third-order valence-electron chi connectivity index (χ3n) is 5.28. The second-order valence-corrected chi connectivity index (χ2v) is 10.6. The molecule has 0 bridgehead atoms. The van der Waals surface area contributed by atoms with Crippen molar-refractivity contribution in [3.05, 3.63) is 68.1 Å². The van der Waals surface area contributed by atoms with Gasteiger partial charge in [0, 0.05) is 22.0 Å². The van der Waals surface area contributed by atoms with Gasteiger partial charge in [0.2, 0.25) is 0 Å². The maximum absolute atomic E-state index is 13.0. The highest BCUT2D eigenvalue weighted by atomic mass is 35.5. The van der Waals surface area contributed by atoms with Crippen molar-refractivity contribution in [3.63, 3.8) is 0 Å². The van der Waals surface area contributed by atoms with Gasteiger partial charge in [-0.15, -0.1) is 0 Å². The average molecular weight is 491 g/mol. The fourth-order valence-electron chi connectivity index (χ4n) is 3.77. The van der Waals surface area contributed by atoms with Crippen LogP contribution in [0.15, 0.2) is 57.2 Å². The summed E-state index contributed by atoms with van der Waals surface area (Å²) >= 11 is 14.0. The quantitative estimate of drug-likeness (QED) is 0.196. The number of thiocarbonyl (C=S) groups is 1. The summed E-state index contributed by atoms with van der Waals surface area (Å²) in [6.07, 6.45) is 7.07. The molecule has 2 aliphatic rings. The van der Waals surface area contributed by atoms with E-state index in [-0.39, 0.29) is 17.6 Å². The number of thioether (sulfide) groups is 1. The van der Waals surface area contributed by atoms with E-state index in [2.05, 4.69) is 0 Å². The molecule has 9 heteroatoms. The number of amides is 1. The third-order valence-corrected chi connectivity index (χ3v) is 7.94. The Labute approximate surface area is 199 Å². The molecule has 0 N–H and O–H groups in total. The van der Waals surface area contributed by atoms with Crippen LogP contribution in [0.4, 0.5) is 5.69 Å². The molecule has 2 aromatic carbocycles. The molecular formula is C22H19ClN2O3S3. The van der Waals surface area contributed by atoms with Crippen LogP contribution in [-0.4, -0.2) is 26.1 Å². The number of halogens is 1. The maximum atomic E-state index is 13.0. The summed E-state index contributed by atoms with van der Waals surface area (Å²) in [4.78, 5) is 27.9. The van der Waals surface area contributed by atoms with E-state index >= 15 is 0 Å². The monoisotopic (exact) mass is 490 g/mol. The first kappa shape index (κ1) is 22.3. The summed E-state index contributed by atoms with van der Waals surface area (Å²) < 4.78 is 0.576. The SMILES string of the molecule is O=C1/C(=C\c2ccc(Sc3ccc(Cl)cc3)c([N+](=O)[O-])c2)SC(=S)N1C1CCCCC1. The number of hydrogen-bond donors (Lipinski definition) is 0. The molecule has 1 saturated carbocycles. The molecule has 4 rings (SSSR count). The normalized spacial score (nSPS) is 18.7. The van der Waals surface area contributed by atoms with Crippen LogP contribution < -0.4 is 0 Å². The van der Waals surface area contributed by atoms with E-state index in [4.69, 9.17) is 23.8 Å². The molecule has 1 heterocycles. The zero-order valence-electron chi connectivity index (χ0n) is 16.5. The van der Waals surface area contributed by atoms with Crippen LogP contribution in [0.5, 0.6) is 0 Å². The van der Waals surface area contributed by atoms with Crippen LogP contribution in [0.2, 0.25) is 5.02 Å². The van der Waals surface area contributed by atoms with Gasteiger partial charge in [-0.2, -0.15) is 0 Å². The van der Waals surface area contributed by atoms with E-state index in [0.29, 0.717) is 24.7 Å². The Balaban J connectivity index is 1.58. The number of carbonyl (C=O) groups excluding carboxylic acids is 1. The molecule has 1 aliphatic carbocycles. The van der Waals surface area contributed by atoms with Crippen molar-refractivity contribution in [2.24, 2.45) is 0 Å². The lowest BCUT2D eigenvalue weighted by atomic mass is 9.94. The minimum Gasteiger partial charge on any atom is -0.290 e. The number of carbonyl (C=O) groups is 1. The van der Waals surface area contributed by atoms with Crippen LogP contribution in [0.1, 0.15) is 37.7 Å². The number of nitro benzene ring substituents is 1. The van der Waals surface area contributed by atoms with Crippen molar-refractivity contribution >= 4 is 69.3 Å². The van der Waals surface area contributed by atoms with Gasteiger partial charge in [-0.1, -0.05) is 72.7 Å². The van der Waals surface area contributed by atoms with E-state index in [1.54, 1.807) is 35.2 Å². The fourth-order valence-corrected chi connectivity index (χ4v) is 6.19. The van der Waals surface area contributed by atoms with Crippen LogP contribution in [0.3, 0.4) is 0 Å². The lowest BCUT2D eigenvalue weighted by Crippen LogP contribution is -2.39. The van der Waals surface area contributed by atoms with Crippen LogP contribution in [-0.2, 0) is 4.79 Å². The second-order valence-electron chi connectivity index (χ2n) is 7.38. The molecule has 0 atom stereocenters. The van der Waals surface area contributed by atoms with Gasteiger partial charge < -0.3 is 0 Å². The minimum atomic E-state index is -0.400. The number of rotatable bonds is 5. The highest BCUT2D eigenvalue weighted by Gasteiger charge is 2.37. The van der Waals surface area contributed by atoms with Crippen LogP contribution in [0.25, 0.3) is 6.08 Å². The highest BCUT2D eigenvalue weighted by Crippen LogP contribution is 2.39. The van der Waals surface area contributed by atoms with Gasteiger partial charge >= 0.3 is 0 Å². The lowest BCUT2D eigenvalue weighted by Gasteiger charge is -2.29. The largest absolute Gasteiger partial charge is 0.290 e. The van der Waals surface area contributed by atoms with Crippen molar-refractivity contribution in [1.29, 1.82) is 0 Å². The number of nitrogens with zero attached hydrogens (tertiary/aromatic N) is 2. The van der Waals surface area contributed by atoms with E-state index in [9.17, 15) is 14.9 Å². The molecule has 2 aromatic rings. The summed E-state index contributed by atoms with van der Waals surface area (Å²) in [5.74, 6) is -0.0934. The van der Waals surface area contributed by atoms with Gasteiger partial charge in [-0.05, 0) is 54.8 Å². The van der Waals surface area contributed by atoms with Gasteiger partial charge in [0.25, 0.3) is 11.6 Å². The molecule has 0 unspecified atom stereocenters. The molecule has 1 saturated heterocycles. The standard InChI is InChI=1S/C22H19ClN2O3S3/c23-15-7-9-17(10-8-15)30-19-11-6-14(12-18(19)25(27)28)13-20-21(26)24(22(29)31-20)16-4-2-1-3-5-16/h6-13,16H,1-5H2/b20-13+. The maximum Gasteiger partial charge on any atom is 0.283 e. The molecule has 0 spiro atoms. The van der Waals surface area contributed by atoms with Crippen molar-refractivity contribution in [2.75, 3.05) is 0 Å². The van der Waals surface area contributed by atoms with E-state index in [0.717, 1.165) is 30.6 Å². The molecule has 160 valence electrons. The molecule has 5 nitrogen and oxygen atoms in total. The fraction of sp³-hybridized carbons (Fsp3) is 0.273. The Kier molecular flexibility index (Phi) is 7.01. The van der Waals surface area contributed by atoms with Crippen molar-refractivity contribution in [3.8, 4) is 0 Å². The van der Waals surface area contributed by atoms with Crippen molar-refractivity contribution < 1.29 is 9.72 Å². The minimum absolute atomic E-state index is 0.00328. The van der Waals surface area contributed by atoms with Crippen LogP contribution >= 0.6 is 47.3 Å². The first-order chi connectivity index (χ1) is 14.9. The van der Waals surface area contributed by atoms with E-state index in [1.165, 1.54) is 36.0 Å². The lowest BCUT2D eigenvalue weighted by molar-refractivity contribution is -0.387. The van der Waals surface area contributed by atoms with E-state index < -0.39 is 4.92 Å². The average Bonchev–Trinajstić information content (AvgIpc) is 3.04. The Morgan fingerprint density at radius 2 is 1.87 bits per heavy atom. The Bertz CT molecular complexity index is 1070. The second kappa shape index (κ2) is 9.73. The summed E-state index contributed by atoms with van der Waals surface area (Å²) in [7, 11) is 0. The van der Waals surface area contributed by atoms with Gasteiger partial charge in [-0.25, -0.2) is 0 Å². The summed E-state index contributed by atoms with van der Waals surface area (Å²) in [6, 6.07) is 12.3. The van der Waals surface area contributed by atoms with Gasteiger partial charge in [0.15, 0.2) is 0 Å². The number of nitro groups is 1. The molecule has 0 aromatic heterocycles. The van der Waals surface area contributed by atoms with Crippen molar-refractivity contribution in [1.82, 2.24) is 4.90 Å². The topological polar surface area (TPSA) is 63.4 Å². The molecule has 1 aliphatic heterocycles. The van der Waals surface area contributed by atoms with Gasteiger partial charge in [0.05, 0.1) is 14.7 Å². The first-order valence-corrected chi connectivity index (χ1v) is 12.3. The number of hydrogen-bond acceptors (Lipinski definition) is 6. The predicted octanol–water partition coefficient (Wildman–Crippen LogP) is 6.93. The van der Waals surface area contributed by atoms with Crippen molar-refractivity contribution in [2.45, 2.75) is 47.9 Å². The molecule has 31 heavy (non-hydrogen) atoms. The molecule has 0 radical (unpaired) electrons. The summed E-state index contributed by atoms with van der Waals surface area (Å²) in [5.41, 5.74) is 0.604. The summed E-state index contributed by atoms with van der Waals surface area (Å²) in [6.45, 7) is 0. The highest BCUT2D eigenvalue weighted by molar-refractivity contribution is 8.26.